The lowest BCUT2D eigenvalue weighted by atomic mass is 10.1. The maximum atomic E-state index is 5.79. The molecule has 1 aromatic heterocycles. The number of methoxy groups -OCH3 is 2. The molecule has 0 aliphatic heterocycles. The molecule has 1 aromatic carbocycles. The first-order chi connectivity index (χ1) is 8.63. The van der Waals surface area contributed by atoms with Crippen molar-refractivity contribution in [3.8, 4) is 22.6 Å². The van der Waals surface area contributed by atoms with E-state index in [0.717, 1.165) is 5.56 Å². The van der Waals surface area contributed by atoms with E-state index in [1.54, 1.807) is 26.4 Å². The number of hydrogen-bond acceptors (Lipinski definition) is 6. The van der Waals surface area contributed by atoms with E-state index in [2.05, 4.69) is 10.2 Å². The molecule has 94 valence electrons. The lowest BCUT2D eigenvalue weighted by Crippen LogP contribution is -2.00. The third-order valence-electron chi connectivity index (χ3n) is 2.50. The van der Waals surface area contributed by atoms with Crippen molar-refractivity contribution in [3.63, 3.8) is 0 Å². The van der Waals surface area contributed by atoms with Crippen LogP contribution in [0.2, 0.25) is 0 Å². The Labute approximate surface area is 105 Å². The van der Waals surface area contributed by atoms with Gasteiger partial charge in [0.2, 0.25) is 0 Å². The van der Waals surface area contributed by atoms with Gasteiger partial charge in [-0.25, -0.2) is 0 Å². The zero-order valence-electron chi connectivity index (χ0n) is 10.2. The molecule has 18 heavy (non-hydrogen) atoms. The zero-order chi connectivity index (χ0) is 13.1. The molecule has 1 heterocycles. The van der Waals surface area contributed by atoms with Gasteiger partial charge in [-0.05, 0) is 23.8 Å². The maximum Gasteiger partial charge on any atom is 0.154 e. The third kappa shape index (κ3) is 2.27. The van der Waals surface area contributed by atoms with Crippen molar-refractivity contribution < 1.29 is 9.47 Å². The van der Waals surface area contributed by atoms with E-state index in [-0.39, 0.29) is 0 Å². The summed E-state index contributed by atoms with van der Waals surface area (Å²) >= 11 is 0. The van der Waals surface area contributed by atoms with Gasteiger partial charge in [-0.3, -0.25) is 0 Å². The first-order valence-corrected chi connectivity index (χ1v) is 5.26. The lowest BCUT2D eigenvalue weighted by molar-refractivity contribution is 0.394. The van der Waals surface area contributed by atoms with Gasteiger partial charge < -0.3 is 20.9 Å². The molecule has 0 unspecified atom stereocenters. The Morgan fingerprint density at radius 1 is 0.889 bits per heavy atom. The second kappa shape index (κ2) is 4.79. The molecule has 2 aromatic rings. The number of hydrogen-bond donors (Lipinski definition) is 2. The van der Waals surface area contributed by atoms with Crippen LogP contribution in [-0.2, 0) is 0 Å². The normalized spacial score (nSPS) is 10.1. The summed E-state index contributed by atoms with van der Waals surface area (Å²) in [5.41, 5.74) is 12.9. The number of aromatic nitrogens is 2. The molecule has 0 bridgehead atoms. The highest BCUT2D eigenvalue weighted by molar-refractivity contribution is 5.77. The van der Waals surface area contributed by atoms with Crippen molar-refractivity contribution in [3.05, 3.63) is 24.3 Å². The topological polar surface area (TPSA) is 96.3 Å². The van der Waals surface area contributed by atoms with Crippen molar-refractivity contribution in [1.82, 2.24) is 10.2 Å². The standard InChI is InChI=1S/C12H14N4O2/c1-17-8-3-7(4-9(5-8)18-2)10-6-11(13)15-16-12(10)14/h3-6H,1-2H3,(H2,13,15)(H2,14,16). The van der Waals surface area contributed by atoms with Crippen LogP contribution in [0.15, 0.2) is 24.3 Å². The summed E-state index contributed by atoms with van der Waals surface area (Å²) in [6, 6.07) is 7.10. The molecule has 0 aliphatic carbocycles. The van der Waals surface area contributed by atoms with Crippen molar-refractivity contribution in [2.45, 2.75) is 0 Å². The van der Waals surface area contributed by atoms with Gasteiger partial charge >= 0.3 is 0 Å². The predicted octanol–water partition coefficient (Wildman–Crippen LogP) is 1.33. The van der Waals surface area contributed by atoms with Crippen molar-refractivity contribution >= 4 is 11.6 Å². The Kier molecular flexibility index (Phi) is 3.18. The minimum atomic E-state index is 0.305. The number of nitrogens with zero attached hydrogens (tertiary/aromatic N) is 2. The van der Waals surface area contributed by atoms with Crippen molar-refractivity contribution in [2.75, 3.05) is 25.7 Å². The largest absolute Gasteiger partial charge is 0.497 e. The van der Waals surface area contributed by atoms with E-state index >= 15 is 0 Å². The summed E-state index contributed by atoms with van der Waals surface area (Å²) in [5.74, 6) is 1.94. The van der Waals surface area contributed by atoms with Gasteiger partial charge in [0.15, 0.2) is 5.82 Å². The van der Waals surface area contributed by atoms with Crippen LogP contribution in [0.3, 0.4) is 0 Å². The van der Waals surface area contributed by atoms with Gasteiger partial charge in [-0.1, -0.05) is 0 Å². The minimum Gasteiger partial charge on any atom is -0.497 e. The highest BCUT2D eigenvalue weighted by Crippen LogP contribution is 2.32. The van der Waals surface area contributed by atoms with E-state index in [1.807, 2.05) is 12.1 Å². The lowest BCUT2D eigenvalue weighted by Gasteiger charge is -2.10. The molecule has 2 rings (SSSR count). The van der Waals surface area contributed by atoms with Crippen LogP contribution in [0.1, 0.15) is 0 Å². The quantitative estimate of drug-likeness (QED) is 0.848. The Bertz CT molecular complexity index is 550. The van der Waals surface area contributed by atoms with Crippen molar-refractivity contribution in [2.24, 2.45) is 0 Å². The SMILES string of the molecule is COc1cc(OC)cc(-c2cc(N)nnc2N)c1. The van der Waals surface area contributed by atoms with Crippen LogP contribution in [0, 0.1) is 0 Å². The molecule has 0 amide bonds. The number of anilines is 2. The van der Waals surface area contributed by atoms with Gasteiger partial charge in [-0.15, -0.1) is 10.2 Å². The monoisotopic (exact) mass is 246 g/mol. The van der Waals surface area contributed by atoms with E-state index in [4.69, 9.17) is 20.9 Å². The van der Waals surface area contributed by atoms with Gasteiger partial charge in [0, 0.05) is 11.6 Å². The molecular formula is C12H14N4O2. The van der Waals surface area contributed by atoms with E-state index in [0.29, 0.717) is 28.7 Å². The van der Waals surface area contributed by atoms with Crippen LogP contribution in [-0.4, -0.2) is 24.4 Å². The van der Waals surface area contributed by atoms with Gasteiger partial charge in [-0.2, -0.15) is 0 Å². The predicted molar refractivity (Wildman–Crippen MR) is 69.4 cm³/mol. The van der Waals surface area contributed by atoms with E-state index in [1.165, 1.54) is 0 Å². The van der Waals surface area contributed by atoms with Gasteiger partial charge in [0.25, 0.3) is 0 Å². The van der Waals surface area contributed by atoms with Crippen LogP contribution in [0.25, 0.3) is 11.1 Å². The fourth-order valence-electron chi connectivity index (χ4n) is 1.61. The Balaban J connectivity index is 2.58. The molecule has 0 atom stereocenters. The van der Waals surface area contributed by atoms with Crippen molar-refractivity contribution in [1.29, 1.82) is 0 Å². The van der Waals surface area contributed by atoms with Crippen LogP contribution >= 0.6 is 0 Å². The molecule has 6 heteroatoms. The first kappa shape index (κ1) is 12.0. The molecule has 0 spiro atoms. The Hall–Kier alpha value is -2.50. The number of nitrogens with two attached hydrogens (primary N) is 2. The van der Waals surface area contributed by atoms with Crippen LogP contribution in [0.5, 0.6) is 11.5 Å². The molecule has 0 radical (unpaired) electrons. The summed E-state index contributed by atoms with van der Waals surface area (Å²) in [6.07, 6.45) is 0. The van der Waals surface area contributed by atoms with Gasteiger partial charge in [0.1, 0.15) is 17.3 Å². The molecular weight excluding hydrogens is 232 g/mol. The molecule has 0 saturated carbocycles. The fourth-order valence-corrected chi connectivity index (χ4v) is 1.61. The number of nitrogen functional groups attached to an aromatic ring is 2. The molecule has 6 nitrogen and oxygen atoms in total. The molecule has 0 fully saturated rings. The number of rotatable bonds is 3. The zero-order valence-corrected chi connectivity index (χ0v) is 10.2. The highest BCUT2D eigenvalue weighted by atomic mass is 16.5. The summed E-state index contributed by atoms with van der Waals surface area (Å²) < 4.78 is 10.4. The molecule has 0 aliphatic rings. The van der Waals surface area contributed by atoms with E-state index < -0.39 is 0 Å². The van der Waals surface area contributed by atoms with E-state index in [9.17, 15) is 0 Å². The fraction of sp³-hybridized carbons (Fsp3) is 0.167. The smallest absolute Gasteiger partial charge is 0.154 e. The average molecular weight is 246 g/mol. The minimum absolute atomic E-state index is 0.305. The molecule has 4 N–H and O–H groups in total. The Morgan fingerprint density at radius 3 is 2.06 bits per heavy atom. The molecule has 0 saturated heterocycles. The van der Waals surface area contributed by atoms with Crippen LogP contribution < -0.4 is 20.9 Å². The summed E-state index contributed by atoms with van der Waals surface area (Å²) in [5, 5.41) is 7.48. The second-order valence-corrected chi connectivity index (χ2v) is 3.67. The summed E-state index contributed by atoms with van der Waals surface area (Å²) in [4.78, 5) is 0. The third-order valence-corrected chi connectivity index (χ3v) is 2.50. The highest BCUT2D eigenvalue weighted by Gasteiger charge is 2.09. The van der Waals surface area contributed by atoms with Gasteiger partial charge in [0.05, 0.1) is 14.2 Å². The average Bonchev–Trinajstić information content (AvgIpc) is 2.40. The van der Waals surface area contributed by atoms with Crippen LogP contribution in [0.4, 0.5) is 11.6 Å². The maximum absolute atomic E-state index is 5.79. The summed E-state index contributed by atoms with van der Waals surface area (Å²) in [7, 11) is 3.17. The Morgan fingerprint density at radius 2 is 1.50 bits per heavy atom. The number of ether oxygens (including phenoxy) is 2. The summed E-state index contributed by atoms with van der Waals surface area (Å²) in [6.45, 7) is 0. The number of benzene rings is 1. The second-order valence-electron chi connectivity index (χ2n) is 3.67. The first-order valence-electron chi connectivity index (χ1n) is 5.26.